The van der Waals surface area contributed by atoms with Gasteiger partial charge in [0.15, 0.2) is 0 Å². The summed E-state index contributed by atoms with van der Waals surface area (Å²) in [7, 11) is 0. The molecule has 0 saturated carbocycles. The minimum absolute atomic E-state index is 0.106. The maximum atomic E-state index is 13.1. The average molecular weight is 323 g/mol. The molecular formula is C19H18FN3O. The zero-order chi connectivity index (χ0) is 17.4. The monoisotopic (exact) mass is 323 g/mol. The minimum Gasteiger partial charge on any atom is -0.345 e. The summed E-state index contributed by atoms with van der Waals surface area (Å²) in [6.45, 7) is 2.03. The number of aromatic nitrogens is 1. The van der Waals surface area contributed by atoms with Crippen LogP contribution in [-0.2, 0) is 4.79 Å². The molecule has 1 atom stereocenters. The first-order chi connectivity index (χ1) is 11.6. The Bertz CT molecular complexity index is 766. The molecule has 122 valence electrons. The summed E-state index contributed by atoms with van der Waals surface area (Å²) in [5.74, 6) is -1.15. The molecule has 0 aliphatic heterocycles. The summed E-state index contributed by atoms with van der Waals surface area (Å²) in [6.07, 6.45) is 2.93. The molecule has 0 saturated heterocycles. The van der Waals surface area contributed by atoms with Crippen molar-refractivity contribution < 1.29 is 9.18 Å². The molecule has 24 heavy (non-hydrogen) atoms. The van der Waals surface area contributed by atoms with E-state index in [2.05, 4.69) is 10.3 Å². The van der Waals surface area contributed by atoms with Gasteiger partial charge in [0.1, 0.15) is 11.6 Å². The highest BCUT2D eigenvalue weighted by Crippen LogP contribution is 2.19. The fraction of sp³-hybridized carbons (Fsp3) is 0.211. The van der Waals surface area contributed by atoms with Gasteiger partial charge in [-0.3, -0.25) is 4.79 Å². The SMILES string of the molecule is CCC[C@H](NC(=O)/C(C#N)=C/c1cccc(F)n1)c1ccccc1. The van der Waals surface area contributed by atoms with Gasteiger partial charge in [0, 0.05) is 0 Å². The lowest BCUT2D eigenvalue weighted by Crippen LogP contribution is -2.29. The normalized spacial score (nSPS) is 12.3. The van der Waals surface area contributed by atoms with Crippen LogP contribution in [0.1, 0.15) is 37.1 Å². The molecule has 1 aromatic carbocycles. The highest BCUT2D eigenvalue weighted by atomic mass is 19.1. The molecule has 0 fully saturated rings. The molecule has 1 heterocycles. The number of carbonyl (C=O) groups is 1. The van der Waals surface area contributed by atoms with Gasteiger partial charge >= 0.3 is 0 Å². The zero-order valence-corrected chi connectivity index (χ0v) is 13.4. The van der Waals surface area contributed by atoms with Crippen LogP contribution in [0.5, 0.6) is 0 Å². The summed E-state index contributed by atoms with van der Waals surface area (Å²) in [5.41, 5.74) is 1.10. The first-order valence-corrected chi connectivity index (χ1v) is 7.74. The van der Waals surface area contributed by atoms with Crippen molar-refractivity contribution in [2.75, 3.05) is 0 Å². The number of nitrogens with zero attached hydrogens (tertiary/aromatic N) is 2. The van der Waals surface area contributed by atoms with Crippen molar-refractivity contribution in [2.45, 2.75) is 25.8 Å². The van der Waals surface area contributed by atoms with Crippen molar-refractivity contribution in [1.82, 2.24) is 10.3 Å². The fourth-order valence-electron chi connectivity index (χ4n) is 2.33. The Hall–Kier alpha value is -3.00. The second kappa shape index (κ2) is 8.59. The summed E-state index contributed by atoms with van der Waals surface area (Å²) in [5, 5.41) is 12.1. The van der Waals surface area contributed by atoms with Crippen molar-refractivity contribution in [3.63, 3.8) is 0 Å². The van der Waals surface area contributed by atoms with Crippen LogP contribution in [0.3, 0.4) is 0 Å². The number of benzene rings is 1. The Morgan fingerprint density at radius 1 is 1.29 bits per heavy atom. The maximum Gasteiger partial charge on any atom is 0.262 e. The van der Waals surface area contributed by atoms with Gasteiger partial charge in [0.05, 0.1) is 11.7 Å². The number of rotatable bonds is 6. The predicted molar refractivity (Wildman–Crippen MR) is 90.0 cm³/mol. The first-order valence-electron chi connectivity index (χ1n) is 7.74. The lowest BCUT2D eigenvalue weighted by atomic mass is 10.0. The van der Waals surface area contributed by atoms with E-state index in [0.717, 1.165) is 18.4 Å². The zero-order valence-electron chi connectivity index (χ0n) is 13.4. The van der Waals surface area contributed by atoms with Crippen LogP contribution in [0, 0.1) is 17.3 Å². The smallest absolute Gasteiger partial charge is 0.262 e. The van der Waals surface area contributed by atoms with Crippen LogP contribution in [0.4, 0.5) is 4.39 Å². The third-order valence-corrected chi connectivity index (χ3v) is 3.48. The van der Waals surface area contributed by atoms with Gasteiger partial charge < -0.3 is 5.32 Å². The minimum atomic E-state index is -0.658. The van der Waals surface area contributed by atoms with Crippen LogP contribution in [0.15, 0.2) is 54.1 Å². The predicted octanol–water partition coefficient (Wildman–Crippen LogP) is 3.79. The summed E-state index contributed by atoms with van der Waals surface area (Å²) in [6, 6.07) is 15.5. The number of halogens is 1. The number of hydrogen-bond donors (Lipinski definition) is 1. The van der Waals surface area contributed by atoms with Crippen LogP contribution >= 0.6 is 0 Å². The molecule has 1 N–H and O–H groups in total. The van der Waals surface area contributed by atoms with Gasteiger partial charge in [-0.15, -0.1) is 0 Å². The molecule has 0 spiro atoms. The first kappa shape index (κ1) is 17.4. The molecule has 1 amide bonds. The van der Waals surface area contributed by atoms with Crippen molar-refractivity contribution in [3.8, 4) is 6.07 Å². The Morgan fingerprint density at radius 2 is 2.04 bits per heavy atom. The van der Waals surface area contributed by atoms with Gasteiger partial charge in [-0.05, 0) is 30.2 Å². The maximum absolute atomic E-state index is 13.1. The van der Waals surface area contributed by atoms with Gasteiger partial charge in [0.25, 0.3) is 5.91 Å². The van der Waals surface area contributed by atoms with Gasteiger partial charge in [-0.2, -0.15) is 9.65 Å². The van der Waals surface area contributed by atoms with E-state index in [1.807, 2.05) is 43.3 Å². The molecular weight excluding hydrogens is 305 g/mol. The van der Waals surface area contributed by atoms with Gasteiger partial charge in [-0.25, -0.2) is 4.98 Å². The molecule has 2 aromatic rings. The molecule has 0 unspecified atom stereocenters. The number of nitrogens with one attached hydrogen (secondary N) is 1. The molecule has 5 heteroatoms. The van der Waals surface area contributed by atoms with Crippen LogP contribution < -0.4 is 5.32 Å². The number of pyridine rings is 1. The number of carbonyl (C=O) groups excluding carboxylic acids is 1. The summed E-state index contributed by atoms with van der Waals surface area (Å²) >= 11 is 0. The Morgan fingerprint density at radius 3 is 2.67 bits per heavy atom. The second-order valence-corrected chi connectivity index (χ2v) is 5.28. The van der Waals surface area contributed by atoms with Crippen LogP contribution in [-0.4, -0.2) is 10.9 Å². The van der Waals surface area contributed by atoms with Crippen molar-refractivity contribution in [1.29, 1.82) is 5.26 Å². The highest BCUT2D eigenvalue weighted by Gasteiger charge is 2.17. The third kappa shape index (κ3) is 4.75. The number of amides is 1. The lowest BCUT2D eigenvalue weighted by molar-refractivity contribution is -0.117. The Kier molecular flexibility index (Phi) is 6.21. The Balaban J connectivity index is 2.20. The van der Waals surface area contributed by atoms with E-state index in [1.54, 1.807) is 0 Å². The van der Waals surface area contributed by atoms with Crippen molar-refractivity contribution in [3.05, 3.63) is 71.3 Å². The molecule has 1 aromatic heterocycles. The number of hydrogen-bond acceptors (Lipinski definition) is 3. The van der Waals surface area contributed by atoms with E-state index in [9.17, 15) is 14.4 Å². The van der Waals surface area contributed by atoms with Crippen molar-refractivity contribution >= 4 is 12.0 Å². The molecule has 0 bridgehead atoms. The summed E-state index contributed by atoms with van der Waals surface area (Å²) in [4.78, 5) is 16.0. The van der Waals surface area contributed by atoms with E-state index in [1.165, 1.54) is 24.3 Å². The van der Waals surface area contributed by atoms with E-state index < -0.39 is 11.9 Å². The molecule has 4 nitrogen and oxygen atoms in total. The van der Waals surface area contributed by atoms with E-state index >= 15 is 0 Å². The molecule has 0 aliphatic carbocycles. The molecule has 0 aliphatic rings. The van der Waals surface area contributed by atoms with Gasteiger partial charge in [0.2, 0.25) is 5.95 Å². The fourth-order valence-corrected chi connectivity index (χ4v) is 2.33. The van der Waals surface area contributed by atoms with E-state index in [0.29, 0.717) is 0 Å². The van der Waals surface area contributed by atoms with Crippen LogP contribution in [0.2, 0.25) is 0 Å². The summed E-state index contributed by atoms with van der Waals surface area (Å²) < 4.78 is 13.1. The third-order valence-electron chi connectivity index (χ3n) is 3.48. The lowest BCUT2D eigenvalue weighted by Gasteiger charge is -2.18. The molecule has 0 radical (unpaired) electrons. The molecule has 2 rings (SSSR count). The topological polar surface area (TPSA) is 65.8 Å². The van der Waals surface area contributed by atoms with Gasteiger partial charge in [-0.1, -0.05) is 49.7 Å². The second-order valence-electron chi connectivity index (χ2n) is 5.28. The standard InChI is InChI=1S/C19H18FN3O/c1-2-7-17(14-8-4-3-5-9-14)23-19(24)15(13-21)12-16-10-6-11-18(20)22-16/h3-6,8-12,17H,2,7H2,1H3,(H,23,24)/b15-12+/t17-/m0/s1. The highest BCUT2D eigenvalue weighted by molar-refractivity contribution is 6.01. The van der Waals surface area contributed by atoms with Crippen molar-refractivity contribution in [2.24, 2.45) is 0 Å². The average Bonchev–Trinajstić information content (AvgIpc) is 2.60. The quantitative estimate of drug-likeness (QED) is 0.500. The van der Waals surface area contributed by atoms with E-state index in [-0.39, 0.29) is 17.3 Å². The largest absolute Gasteiger partial charge is 0.345 e. The Labute approximate surface area is 140 Å². The number of nitriles is 1. The van der Waals surface area contributed by atoms with E-state index in [4.69, 9.17) is 0 Å². The van der Waals surface area contributed by atoms with Crippen LogP contribution in [0.25, 0.3) is 6.08 Å².